The van der Waals surface area contributed by atoms with Crippen LogP contribution in [-0.4, -0.2) is 9.52 Å². The summed E-state index contributed by atoms with van der Waals surface area (Å²) in [6, 6.07) is 17.4. The summed E-state index contributed by atoms with van der Waals surface area (Å²) in [4.78, 5) is 0. The van der Waals surface area contributed by atoms with Crippen molar-refractivity contribution in [2.45, 2.75) is 12.8 Å². The zero-order chi connectivity index (χ0) is 11.4. The topological polar surface area (TPSA) is 0 Å². The van der Waals surface area contributed by atoms with Crippen LogP contribution in [0.2, 0.25) is 0 Å². The summed E-state index contributed by atoms with van der Waals surface area (Å²) in [6.45, 7) is 2.12. The highest BCUT2D eigenvalue weighted by atomic mass is 35.5. The Bertz CT molecular complexity index is 462. The van der Waals surface area contributed by atoms with E-state index in [1.165, 1.54) is 21.5 Å². The predicted octanol–water partition coefficient (Wildman–Crippen LogP) is 1.85. The molecule has 0 unspecified atom stereocenters. The lowest BCUT2D eigenvalue weighted by atomic mass is 10.2. The van der Waals surface area contributed by atoms with E-state index in [0.717, 1.165) is 0 Å². The lowest BCUT2D eigenvalue weighted by Crippen LogP contribution is -2.29. The molecule has 2 heteroatoms. The van der Waals surface area contributed by atoms with Gasteiger partial charge in [0.2, 0.25) is 0 Å². The van der Waals surface area contributed by atoms with Crippen molar-refractivity contribution in [2.24, 2.45) is 0 Å². The predicted molar refractivity (Wildman–Crippen MR) is 75.0 cm³/mol. The molecule has 0 aliphatic rings. The molecule has 0 nitrogen and oxygen atoms in total. The Balaban J connectivity index is 2.23. The third-order valence-corrected chi connectivity index (χ3v) is 5.02. The second kappa shape index (κ2) is 5.33. The number of hydrogen-bond donors (Lipinski definition) is 0. The standard InChI is InChI=1S/C14H15ClSi/c1-11-6-8-13(9-7-11)16-14-5-3-2-4-12(14)10-15/h2-9H,10,16H2,1H3. The molecule has 0 fully saturated rings. The molecule has 0 atom stereocenters. The van der Waals surface area contributed by atoms with Crippen LogP contribution in [0, 0.1) is 6.92 Å². The fourth-order valence-corrected chi connectivity index (χ4v) is 3.84. The maximum Gasteiger partial charge on any atom is 0.0879 e. The molecule has 0 spiro atoms. The van der Waals surface area contributed by atoms with Gasteiger partial charge in [-0.2, -0.15) is 0 Å². The van der Waals surface area contributed by atoms with E-state index in [1.54, 1.807) is 0 Å². The first kappa shape index (κ1) is 11.4. The minimum atomic E-state index is -0.374. The summed E-state index contributed by atoms with van der Waals surface area (Å²) >= 11 is 5.95. The van der Waals surface area contributed by atoms with E-state index in [1.807, 2.05) is 0 Å². The minimum absolute atomic E-state index is 0.374. The molecule has 2 aromatic carbocycles. The molecule has 2 aromatic rings. The highest BCUT2D eigenvalue weighted by molar-refractivity contribution is 6.67. The number of benzene rings is 2. The summed E-state index contributed by atoms with van der Waals surface area (Å²) in [7, 11) is -0.374. The molecule has 2 rings (SSSR count). The van der Waals surface area contributed by atoms with Gasteiger partial charge in [-0.25, -0.2) is 0 Å². The van der Waals surface area contributed by atoms with Gasteiger partial charge in [-0.15, -0.1) is 11.6 Å². The highest BCUT2D eigenvalue weighted by Gasteiger charge is 2.02. The molecule has 0 bridgehead atoms. The van der Waals surface area contributed by atoms with E-state index in [2.05, 4.69) is 55.5 Å². The van der Waals surface area contributed by atoms with Gasteiger partial charge in [0, 0.05) is 5.88 Å². The maximum absolute atomic E-state index is 5.95. The Labute approximate surface area is 104 Å². The van der Waals surface area contributed by atoms with Crippen LogP contribution in [-0.2, 0) is 5.88 Å². The van der Waals surface area contributed by atoms with Crippen LogP contribution in [0.5, 0.6) is 0 Å². The largest absolute Gasteiger partial charge is 0.122 e. The first-order valence-corrected chi connectivity index (χ1v) is 7.43. The van der Waals surface area contributed by atoms with Gasteiger partial charge < -0.3 is 0 Å². The Morgan fingerprint density at radius 1 is 1.00 bits per heavy atom. The molecule has 0 saturated heterocycles. The number of halogens is 1. The van der Waals surface area contributed by atoms with Gasteiger partial charge >= 0.3 is 0 Å². The fraction of sp³-hybridized carbons (Fsp3) is 0.143. The van der Waals surface area contributed by atoms with Crippen LogP contribution in [0.25, 0.3) is 0 Å². The van der Waals surface area contributed by atoms with Crippen LogP contribution < -0.4 is 10.4 Å². The van der Waals surface area contributed by atoms with E-state index in [9.17, 15) is 0 Å². The Morgan fingerprint density at radius 2 is 1.69 bits per heavy atom. The molecule has 0 aliphatic carbocycles. The van der Waals surface area contributed by atoms with Gasteiger partial charge in [0.25, 0.3) is 0 Å². The summed E-state index contributed by atoms with van der Waals surface area (Å²) in [6.07, 6.45) is 0. The van der Waals surface area contributed by atoms with Gasteiger partial charge in [-0.05, 0) is 12.5 Å². The van der Waals surface area contributed by atoms with Crippen LogP contribution >= 0.6 is 11.6 Å². The summed E-state index contributed by atoms with van der Waals surface area (Å²) in [5.74, 6) is 0.620. The molecular weight excluding hydrogens is 232 g/mol. The van der Waals surface area contributed by atoms with E-state index in [4.69, 9.17) is 11.6 Å². The minimum Gasteiger partial charge on any atom is -0.122 e. The third-order valence-electron chi connectivity index (χ3n) is 2.78. The Hall–Kier alpha value is -1.05. The van der Waals surface area contributed by atoms with Crippen LogP contribution in [0.4, 0.5) is 0 Å². The van der Waals surface area contributed by atoms with Crippen molar-refractivity contribution < 1.29 is 0 Å². The molecule has 0 aliphatic heterocycles. The van der Waals surface area contributed by atoms with E-state index < -0.39 is 0 Å². The van der Waals surface area contributed by atoms with Crippen molar-refractivity contribution in [2.75, 3.05) is 0 Å². The lowest BCUT2D eigenvalue weighted by Gasteiger charge is -2.06. The number of aryl methyl sites for hydroxylation is 1. The van der Waals surface area contributed by atoms with Crippen molar-refractivity contribution in [3.63, 3.8) is 0 Å². The number of rotatable bonds is 3. The van der Waals surface area contributed by atoms with Crippen molar-refractivity contribution in [3.8, 4) is 0 Å². The fourth-order valence-electron chi connectivity index (χ4n) is 1.79. The third kappa shape index (κ3) is 2.74. The molecular formula is C14H15ClSi. The molecule has 0 radical (unpaired) electrons. The average molecular weight is 247 g/mol. The van der Waals surface area contributed by atoms with E-state index in [0.29, 0.717) is 5.88 Å². The molecule has 0 N–H and O–H groups in total. The number of hydrogen-bond acceptors (Lipinski definition) is 0. The highest BCUT2D eigenvalue weighted by Crippen LogP contribution is 2.00. The van der Waals surface area contributed by atoms with Crippen molar-refractivity contribution in [1.82, 2.24) is 0 Å². The smallest absolute Gasteiger partial charge is 0.0879 e. The second-order valence-corrected chi connectivity index (χ2v) is 6.26. The number of alkyl halides is 1. The van der Waals surface area contributed by atoms with Gasteiger partial charge in [0.05, 0.1) is 9.52 Å². The van der Waals surface area contributed by atoms with Crippen LogP contribution in [0.15, 0.2) is 48.5 Å². The van der Waals surface area contributed by atoms with Crippen LogP contribution in [0.3, 0.4) is 0 Å². The molecule has 16 heavy (non-hydrogen) atoms. The SMILES string of the molecule is Cc1ccc([SiH2]c2ccccc2CCl)cc1. The quantitative estimate of drug-likeness (QED) is 0.573. The molecule has 82 valence electrons. The van der Waals surface area contributed by atoms with Gasteiger partial charge in [0.15, 0.2) is 0 Å². The Morgan fingerprint density at radius 3 is 2.38 bits per heavy atom. The van der Waals surface area contributed by atoms with E-state index in [-0.39, 0.29) is 9.52 Å². The average Bonchev–Trinajstić information content (AvgIpc) is 2.33. The Kier molecular flexibility index (Phi) is 3.81. The zero-order valence-electron chi connectivity index (χ0n) is 9.41. The normalized spacial score (nSPS) is 11.1. The second-order valence-electron chi connectivity index (χ2n) is 4.06. The summed E-state index contributed by atoms with van der Waals surface area (Å²) in [5, 5.41) is 2.93. The first-order valence-electron chi connectivity index (χ1n) is 5.48. The molecule has 0 aromatic heterocycles. The zero-order valence-corrected chi connectivity index (χ0v) is 11.6. The lowest BCUT2D eigenvalue weighted by molar-refractivity contribution is 1.44. The van der Waals surface area contributed by atoms with E-state index >= 15 is 0 Å². The van der Waals surface area contributed by atoms with Gasteiger partial charge in [-0.1, -0.05) is 64.5 Å². The van der Waals surface area contributed by atoms with Crippen molar-refractivity contribution >= 4 is 31.5 Å². The molecule has 0 heterocycles. The molecule has 0 saturated carbocycles. The summed E-state index contributed by atoms with van der Waals surface area (Å²) in [5.41, 5.74) is 2.61. The first-order chi connectivity index (χ1) is 7.79. The van der Waals surface area contributed by atoms with Gasteiger partial charge in [0.1, 0.15) is 0 Å². The van der Waals surface area contributed by atoms with Crippen molar-refractivity contribution in [1.29, 1.82) is 0 Å². The molecule has 0 amide bonds. The van der Waals surface area contributed by atoms with Crippen LogP contribution in [0.1, 0.15) is 11.1 Å². The van der Waals surface area contributed by atoms with Crippen molar-refractivity contribution in [3.05, 3.63) is 59.7 Å². The maximum atomic E-state index is 5.95. The monoisotopic (exact) mass is 246 g/mol. The van der Waals surface area contributed by atoms with Gasteiger partial charge in [-0.3, -0.25) is 0 Å². The summed E-state index contributed by atoms with van der Waals surface area (Å²) < 4.78 is 0.